The SMILES string of the molecule is CC(=O)C[C@H](c1ccc2c(c1)OCO2)c1c(O)c2ccccc2oc1=O. The summed E-state index contributed by atoms with van der Waals surface area (Å²) >= 11 is 0. The van der Waals surface area contributed by atoms with Gasteiger partial charge < -0.3 is 19.0 Å². The van der Waals surface area contributed by atoms with Gasteiger partial charge in [-0.25, -0.2) is 4.79 Å². The van der Waals surface area contributed by atoms with E-state index in [1.807, 2.05) is 0 Å². The van der Waals surface area contributed by atoms with E-state index in [1.165, 1.54) is 6.92 Å². The molecule has 1 aliphatic rings. The molecule has 0 aliphatic carbocycles. The highest BCUT2D eigenvalue weighted by atomic mass is 16.7. The van der Waals surface area contributed by atoms with Crippen LogP contribution in [0.4, 0.5) is 0 Å². The molecule has 0 radical (unpaired) electrons. The summed E-state index contributed by atoms with van der Waals surface area (Å²) in [5.41, 5.74) is 0.372. The summed E-state index contributed by atoms with van der Waals surface area (Å²) in [6, 6.07) is 12.0. The number of ether oxygens (including phenoxy) is 2. The molecule has 1 aromatic heterocycles. The van der Waals surface area contributed by atoms with Gasteiger partial charge in [-0.1, -0.05) is 18.2 Å². The van der Waals surface area contributed by atoms with Gasteiger partial charge in [-0.3, -0.25) is 4.79 Å². The molecule has 0 saturated heterocycles. The third-order valence-electron chi connectivity index (χ3n) is 4.46. The Morgan fingerprint density at radius 1 is 1.15 bits per heavy atom. The van der Waals surface area contributed by atoms with E-state index in [4.69, 9.17) is 13.9 Å². The van der Waals surface area contributed by atoms with E-state index in [0.29, 0.717) is 28.0 Å². The van der Waals surface area contributed by atoms with Crippen molar-refractivity contribution in [3.63, 3.8) is 0 Å². The van der Waals surface area contributed by atoms with Crippen molar-refractivity contribution in [3.8, 4) is 17.2 Å². The summed E-state index contributed by atoms with van der Waals surface area (Å²) in [5.74, 6) is 0.217. The number of fused-ring (bicyclic) bond motifs is 2. The number of para-hydroxylation sites is 1. The number of Topliss-reactive ketones (excluding diaryl/α,β-unsaturated/α-hetero) is 1. The van der Waals surface area contributed by atoms with Gasteiger partial charge in [0.2, 0.25) is 6.79 Å². The molecule has 4 rings (SSSR count). The Morgan fingerprint density at radius 3 is 2.73 bits per heavy atom. The summed E-state index contributed by atoms with van der Waals surface area (Å²) < 4.78 is 16.1. The third kappa shape index (κ3) is 2.69. The molecule has 0 bridgehead atoms. The molecule has 0 spiro atoms. The molecule has 0 unspecified atom stereocenters. The number of carbonyl (C=O) groups excluding carboxylic acids is 1. The molecule has 3 aromatic rings. The van der Waals surface area contributed by atoms with E-state index in [1.54, 1.807) is 42.5 Å². The molecule has 132 valence electrons. The van der Waals surface area contributed by atoms with Crippen LogP contribution >= 0.6 is 0 Å². The van der Waals surface area contributed by atoms with Gasteiger partial charge in [0.25, 0.3) is 0 Å². The van der Waals surface area contributed by atoms with Gasteiger partial charge in [0, 0.05) is 12.3 Å². The monoisotopic (exact) mass is 352 g/mol. The lowest BCUT2D eigenvalue weighted by Gasteiger charge is -2.17. The van der Waals surface area contributed by atoms with Crippen molar-refractivity contribution in [1.29, 1.82) is 0 Å². The summed E-state index contributed by atoms with van der Waals surface area (Å²) in [6.07, 6.45) is 0.0519. The molecule has 1 N–H and O–H groups in total. The Morgan fingerprint density at radius 2 is 1.92 bits per heavy atom. The summed E-state index contributed by atoms with van der Waals surface area (Å²) in [6.45, 7) is 1.57. The molecule has 0 amide bonds. The number of benzene rings is 2. The van der Waals surface area contributed by atoms with E-state index in [-0.39, 0.29) is 30.3 Å². The summed E-state index contributed by atoms with van der Waals surface area (Å²) in [7, 11) is 0. The van der Waals surface area contributed by atoms with E-state index >= 15 is 0 Å². The number of rotatable bonds is 4. The van der Waals surface area contributed by atoms with Crippen molar-refractivity contribution in [3.05, 3.63) is 64.0 Å². The van der Waals surface area contributed by atoms with Crippen molar-refractivity contribution >= 4 is 16.8 Å². The minimum atomic E-state index is -0.662. The highest BCUT2D eigenvalue weighted by Crippen LogP contribution is 2.40. The van der Waals surface area contributed by atoms with Gasteiger partial charge in [-0.15, -0.1) is 0 Å². The Bertz CT molecular complexity index is 1070. The van der Waals surface area contributed by atoms with Gasteiger partial charge in [0.15, 0.2) is 11.5 Å². The maximum absolute atomic E-state index is 12.6. The molecule has 6 heteroatoms. The second-order valence-corrected chi connectivity index (χ2v) is 6.22. The highest BCUT2D eigenvalue weighted by Gasteiger charge is 2.27. The maximum atomic E-state index is 12.6. The van der Waals surface area contributed by atoms with Gasteiger partial charge >= 0.3 is 5.63 Å². The second-order valence-electron chi connectivity index (χ2n) is 6.22. The minimum Gasteiger partial charge on any atom is -0.507 e. The van der Waals surface area contributed by atoms with E-state index in [9.17, 15) is 14.7 Å². The lowest BCUT2D eigenvalue weighted by molar-refractivity contribution is -0.117. The van der Waals surface area contributed by atoms with Crippen molar-refractivity contribution in [1.82, 2.24) is 0 Å². The summed E-state index contributed by atoms with van der Waals surface area (Å²) in [5, 5.41) is 11.2. The summed E-state index contributed by atoms with van der Waals surface area (Å²) in [4.78, 5) is 24.4. The number of ketones is 1. The lowest BCUT2D eigenvalue weighted by Crippen LogP contribution is -2.16. The maximum Gasteiger partial charge on any atom is 0.343 e. The van der Waals surface area contributed by atoms with E-state index in [0.717, 1.165) is 0 Å². The topological polar surface area (TPSA) is 86.0 Å². The predicted molar refractivity (Wildman–Crippen MR) is 93.9 cm³/mol. The predicted octanol–water partition coefficient (Wildman–Crippen LogP) is 3.34. The Balaban J connectivity index is 1.92. The fourth-order valence-corrected chi connectivity index (χ4v) is 3.26. The molecule has 1 atom stereocenters. The zero-order valence-electron chi connectivity index (χ0n) is 14.0. The zero-order chi connectivity index (χ0) is 18.3. The van der Waals surface area contributed by atoms with Crippen LogP contribution in [0.5, 0.6) is 17.2 Å². The molecule has 6 nitrogen and oxygen atoms in total. The number of hydrogen-bond donors (Lipinski definition) is 1. The van der Waals surface area contributed by atoms with E-state index < -0.39 is 11.5 Å². The molecule has 26 heavy (non-hydrogen) atoms. The molecule has 0 fully saturated rings. The van der Waals surface area contributed by atoms with Gasteiger partial charge in [0.05, 0.1) is 10.9 Å². The van der Waals surface area contributed by atoms with Gasteiger partial charge in [-0.2, -0.15) is 0 Å². The Kier molecular flexibility index (Phi) is 3.88. The number of carbonyl (C=O) groups is 1. The largest absolute Gasteiger partial charge is 0.507 e. The molecule has 1 aliphatic heterocycles. The fourth-order valence-electron chi connectivity index (χ4n) is 3.26. The van der Waals surface area contributed by atoms with Crippen molar-refractivity contribution in [2.24, 2.45) is 0 Å². The van der Waals surface area contributed by atoms with Crippen LogP contribution in [0.2, 0.25) is 0 Å². The van der Waals surface area contributed by atoms with Crippen LogP contribution in [0.25, 0.3) is 11.0 Å². The first-order valence-corrected chi connectivity index (χ1v) is 8.18. The van der Waals surface area contributed by atoms with E-state index in [2.05, 4.69) is 0 Å². The van der Waals surface area contributed by atoms with Crippen molar-refractivity contribution < 1.29 is 23.8 Å². The third-order valence-corrected chi connectivity index (χ3v) is 4.46. The van der Waals surface area contributed by atoms with Crippen LogP contribution in [0.3, 0.4) is 0 Å². The first-order chi connectivity index (χ1) is 12.5. The normalized spacial score (nSPS) is 13.7. The second kappa shape index (κ2) is 6.22. The van der Waals surface area contributed by atoms with Gasteiger partial charge in [-0.05, 0) is 36.8 Å². The fraction of sp³-hybridized carbons (Fsp3) is 0.200. The smallest absolute Gasteiger partial charge is 0.343 e. The number of hydrogen-bond acceptors (Lipinski definition) is 6. The molecule has 0 saturated carbocycles. The van der Waals surface area contributed by atoms with Crippen LogP contribution in [-0.2, 0) is 4.79 Å². The standard InChI is InChI=1S/C20H16O6/c1-11(21)8-14(12-6-7-16-17(9-12)25-10-24-16)18-19(22)13-4-2-3-5-15(13)26-20(18)23/h2-7,9,14,22H,8,10H2,1H3/t14-/m1/s1. The molecular formula is C20H16O6. The minimum absolute atomic E-state index is 0.0519. The van der Waals surface area contributed by atoms with Crippen molar-refractivity contribution in [2.75, 3.05) is 6.79 Å². The lowest BCUT2D eigenvalue weighted by atomic mass is 9.87. The van der Waals surface area contributed by atoms with Crippen molar-refractivity contribution in [2.45, 2.75) is 19.3 Å². The average molecular weight is 352 g/mol. The molecule has 2 aromatic carbocycles. The molecule has 2 heterocycles. The highest BCUT2D eigenvalue weighted by molar-refractivity contribution is 5.85. The molecular weight excluding hydrogens is 336 g/mol. The van der Waals surface area contributed by atoms with Crippen LogP contribution in [0.1, 0.15) is 30.4 Å². The van der Waals surface area contributed by atoms with Crippen LogP contribution < -0.4 is 15.1 Å². The Hall–Kier alpha value is -3.28. The van der Waals surface area contributed by atoms with Crippen LogP contribution in [-0.4, -0.2) is 17.7 Å². The first kappa shape index (κ1) is 16.2. The first-order valence-electron chi connectivity index (χ1n) is 8.18. The van der Waals surface area contributed by atoms with Crippen LogP contribution in [0, 0.1) is 0 Å². The number of aromatic hydroxyl groups is 1. The Labute approximate surface area is 148 Å². The van der Waals surface area contributed by atoms with Crippen LogP contribution in [0.15, 0.2) is 51.7 Å². The van der Waals surface area contributed by atoms with Gasteiger partial charge in [0.1, 0.15) is 17.1 Å². The average Bonchev–Trinajstić information content (AvgIpc) is 3.08. The quantitative estimate of drug-likeness (QED) is 0.725. The zero-order valence-corrected chi connectivity index (χ0v) is 14.0.